The zero-order valence-corrected chi connectivity index (χ0v) is 14.7. The molecule has 1 nitrogen and oxygen atoms in total. The van der Waals surface area contributed by atoms with Gasteiger partial charge in [0, 0.05) is 0 Å². The normalized spacial score (nSPS) is 36.2. The molecule has 0 heterocycles. The second-order valence-corrected chi connectivity index (χ2v) is 7.39. The van der Waals surface area contributed by atoms with Gasteiger partial charge in [-0.05, 0) is 71.1 Å². The Morgan fingerprint density at radius 1 is 1.19 bits per heavy atom. The predicted molar refractivity (Wildman–Crippen MR) is 93.3 cm³/mol. The Kier molecular flexibility index (Phi) is 7.45. The smallest absolute Gasteiger partial charge is 0.0620 e. The average molecular weight is 290 g/mol. The Balaban J connectivity index is 2.87. The van der Waals surface area contributed by atoms with E-state index in [4.69, 9.17) is 0 Å². The second-order valence-electron chi connectivity index (χ2n) is 7.39. The molecule has 0 bridgehead atoms. The van der Waals surface area contributed by atoms with E-state index in [1.165, 1.54) is 11.1 Å². The maximum Gasteiger partial charge on any atom is 0.0620 e. The van der Waals surface area contributed by atoms with Crippen molar-refractivity contribution in [2.24, 2.45) is 11.8 Å². The fraction of sp³-hybridized carbons (Fsp3) is 0.700. The molecule has 1 rings (SSSR count). The minimum absolute atomic E-state index is 0.518. The number of hydrogen-bond donors (Lipinski definition) is 1. The average Bonchev–Trinajstić information content (AvgIpc) is 2.37. The van der Waals surface area contributed by atoms with Gasteiger partial charge in [-0.2, -0.15) is 0 Å². The SMILES string of the molecule is CC1=C/C/C=C(/C)CCCC(C)(O)CC[C@H](C(C)C)\C=C\1. The van der Waals surface area contributed by atoms with Crippen LogP contribution in [0.1, 0.15) is 73.1 Å². The minimum atomic E-state index is -0.518. The molecule has 0 saturated carbocycles. The monoisotopic (exact) mass is 290 g/mol. The van der Waals surface area contributed by atoms with E-state index in [1.807, 2.05) is 6.92 Å². The Labute approximate surface area is 131 Å². The summed E-state index contributed by atoms with van der Waals surface area (Å²) in [5.74, 6) is 1.18. The van der Waals surface area contributed by atoms with Gasteiger partial charge in [-0.15, -0.1) is 0 Å². The lowest BCUT2D eigenvalue weighted by Gasteiger charge is -2.27. The Bertz CT molecular complexity index is 396. The second kappa shape index (κ2) is 8.58. The summed E-state index contributed by atoms with van der Waals surface area (Å²) in [6, 6.07) is 0. The quantitative estimate of drug-likeness (QED) is 0.604. The first-order valence-corrected chi connectivity index (χ1v) is 8.53. The molecular formula is C20H34O. The molecule has 0 radical (unpaired) electrons. The van der Waals surface area contributed by atoms with E-state index < -0.39 is 5.60 Å². The van der Waals surface area contributed by atoms with E-state index in [0.717, 1.165) is 38.5 Å². The topological polar surface area (TPSA) is 20.2 Å². The molecular weight excluding hydrogens is 256 g/mol. The third-order valence-corrected chi connectivity index (χ3v) is 4.67. The van der Waals surface area contributed by atoms with Crippen molar-refractivity contribution in [3.8, 4) is 0 Å². The maximum atomic E-state index is 10.6. The standard InChI is InChI=1S/C20H34O/c1-16(2)19-12-11-18(4)9-6-8-17(3)10-7-14-20(5,21)15-13-19/h8-9,11-12,16,19,21H,6-7,10,13-15H2,1-5H3/b12-11+,17-8-,18-9-/t19-,20?/m1/s1. The Morgan fingerprint density at radius 3 is 2.57 bits per heavy atom. The van der Waals surface area contributed by atoms with E-state index in [1.54, 1.807) is 0 Å². The highest BCUT2D eigenvalue weighted by atomic mass is 16.3. The third-order valence-electron chi connectivity index (χ3n) is 4.67. The van der Waals surface area contributed by atoms with Crippen LogP contribution in [0.2, 0.25) is 0 Å². The molecule has 0 saturated heterocycles. The van der Waals surface area contributed by atoms with E-state index in [0.29, 0.717) is 11.8 Å². The molecule has 0 aliphatic heterocycles. The largest absolute Gasteiger partial charge is 0.390 e. The van der Waals surface area contributed by atoms with Gasteiger partial charge in [0.25, 0.3) is 0 Å². The molecule has 1 unspecified atom stereocenters. The van der Waals surface area contributed by atoms with Crippen LogP contribution in [-0.4, -0.2) is 10.7 Å². The van der Waals surface area contributed by atoms with Crippen molar-refractivity contribution < 1.29 is 5.11 Å². The van der Waals surface area contributed by atoms with Crippen LogP contribution in [0.25, 0.3) is 0 Å². The van der Waals surface area contributed by atoms with E-state index in [2.05, 4.69) is 52.0 Å². The summed E-state index contributed by atoms with van der Waals surface area (Å²) < 4.78 is 0. The fourth-order valence-electron chi connectivity index (χ4n) is 2.89. The van der Waals surface area contributed by atoms with E-state index >= 15 is 0 Å². The summed E-state index contributed by atoms with van der Waals surface area (Å²) >= 11 is 0. The highest BCUT2D eigenvalue weighted by Crippen LogP contribution is 2.27. The van der Waals surface area contributed by atoms with Gasteiger partial charge in [0.1, 0.15) is 0 Å². The van der Waals surface area contributed by atoms with Crippen LogP contribution in [0.3, 0.4) is 0 Å². The molecule has 0 aromatic heterocycles. The highest BCUT2D eigenvalue weighted by Gasteiger charge is 2.22. The van der Waals surface area contributed by atoms with Crippen molar-refractivity contribution in [2.45, 2.75) is 78.7 Å². The van der Waals surface area contributed by atoms with Crippen molar-refractivity contribution in [3.05, 3.63) is 35.5 Å². The summed E-state index contributed by atoms with van der Waals surface area (Å²) in [6.45, 7) is 10.9. The van der Waals surface area contributed by atoms with Crippen LogP contribution in [0, 0.1) is 11.8 Å². The summed E-state index contributed by atoms with van der Waals surface area (Å²) in [5, 5.41) is 10.6. The van der Waals surface area contributed by atoms with Crippen molar-refractivity contribution in [1.82, 2.24) is 0 Å². The van der Waals surface area contributed by atoms with Crippen molar-refractivity contribution in [3.63, 3.8) is 0 Å². The lowest BCUT2D eigenvalue weighted by molar-refractivity contribution is 0.0337. The maximum absolute atomic E-state index is 10.6. The summed E-state index contributed by atoms with van der Waals surface area (Å²) in [5.41, 5.74) is 2.26. The summed E-state index contributed by atoms with van der Waals surface area (Å²) in [7, 11) is 0. The molecule has 0 fully saturated rings. The Morgan fingerprint density at radius 2 is 1.90 bits per heavy atom. The molecule has 0 aromatic rings. The first-order valence-electron chi connectivity index (χ1n) is 8.53. The van der Waals surface area contributed by atoms with Gasteiger partial charge in [-0.3, -0.25) is 0 Å². The first kappa shape index (κ1) is 18.2. The van der Waals surface area contributed by atoms with Gasteiger partial charge in [-0.1, -0.05) is 49.3 Å². The van der Waals surface area contributed by atoms with Gasteiger partial charge >= 0.3 is 0 Å². The molecule has 1 heteroatoms. The van der Waals surface area contributed by atoms with Crippen LogP contribution in [-0.2, 0) is 0 Å². The van der Waals surface area contributed by atoms with Crippen LogP contribution < -0.4 is 0 Å². The first-order chi connectivity index (χ1) is 9.80. The molecule has 120 valence electrons. The zero-order valence-electron chi connectivity index (χ0n) is 14.7. The number of allylic oxidation sites excluding steroid dienone is 6. The van der Waals surface area contributed by atoms with Gasteiger partial charge in [0.2, 0.25) is 0 Å². The predicted octanol–water partition coefficient (Wildman–Crippen LogP) is 5.81. The molecule has 1 aliphatic rings. The van der Waals surface area contributed by atoms with Crippen molar-refractivity contribution >= 4 is 0 Å². The van der Waals surface area contributed by atoms with Gasteiger partial charge in [0.15, 0.2) is 0 Å². The lowest BCUT2D eigenvalue weighted by Crippen LogP contribution is -2.25. The van der Waals surface area contributed by atoms with Crippen molar-refractivity contribution in [2.75, 3.05) is 0 Å². The van der Waals surface area contributed by atoms with Crippen LogP contribution in [0.5, 0.6) is 0 Å². The number of aliphatic hydroxyl groups is 1. The van der Waals surface area contributed by atoms with Gasteiger partial charge < -0.3 is 5.11 Å². The lowest BCUT2D eigenvalue weighted by atomic mass is 9.84. The van der Waals surface area contributed by atoms with Crippen LogP contribution in [0.15, 0.2) is 35.5 Å². The molecule has 0 amide bonds. The van der Waals surface area contributed by atoms with E-state index in [9.17, 15) is 5.11 Å². The Hall–Kier alpha value is -0.820. The molecule has 0 spiro atoms. The molecule has 2 atom stereocenters. The fourth-order valence-corrected chi connectivity index (χ4v) is 2.89. The molecule has 0 aromatic carbocycles. The van der Waals surface area contributed by atoms with Crippen LogP contribution >= 0.6 is 0 Å². The molecule has 21 heavy (non-hydrogen) atoms. The molecule has 1 N–H and O–H groups in total. The number of rotatable bonds is 1. The zero-order chi connectivity index (χ0) is 15.9. The highest BCUT2D eigenvalue weighted by molar-refractivity contribution is 5.18. The number of hydrogen-bond acceptors (Lipinski definition) is 1. The third kappa shape index (κ3) is 7.66. The van der Waals surface area contributed by atoms with Gasteiger partial charge in [-0.25, -0.2) is 0 Å². The van der Waals surface area contributed by atoms with E-state index in [-0.39, 0.29) is 0 Å². The van der Waals surface area contributed by atoms with Gasteiger partial charge in [0.05, 0.1) is 5.60 Å². The summed E-state index contributed by atoms with van der Waals surface area (Å²) in [6.07, 6.45) is 15.3. The summed E-state index contributed by atoms with van der Waals surface area (Å²) in [4.78, 5) is 0. The minimum Gasteiger partial charge on any atom is -0.390 e. The van der Waals surface area contributed by atoms with Crippen LogP contribution in [0.4, 0.5) is 0 Å². The van der Waals surface area contributed by atoms with Crippen molar-refractivity contribution in [1.29, 1.82) is 0 Å². The molecule has 1 aliphatic carbocycles.